The number of aromatic amines is 1. The maximum absolute atomic E-state index is 13.5. The largest absolute Gasteiger partial charge is 0.495 e. The minimum atomic E-state index is -0.905. The predicted molar refractivity (Wildman–Crippen MR) is 95.8 cm³/mol. The lowest BCUT2D eigenvalue weighted by atomic mass is 10.1. The third-order valence-electron chi connectivity index (χ3n) is 3.82. The van der Waals surface area contributed by atoms with E-state index in [0.29, 0.717) is 21.7 Å². The number of benzene rings is 2. The van der Waals surface area contributed by atoms with Crippen LogP contribution in [0.3, 0.4) is 0 Å². The summed E-state index contributed by atoms with van der Waals surface area (Å²) in [4.78, 5) is 27.7. The quantitative estimate of drug-likeness (QED) is 0.524. The normalized spacial score (nSPS) is 10.6. The highest BCUT2D eigenvalue weighted by Gasteiger charge is 2.22. The van der Waals surface area contributed by atoms with Gasteiger partial charge in [0.2, 0.25) is 0 Å². The smallest absolute Gasteiger partial charge is 0.296 e. The first-order chi connectivity index (χ1) is 12.4. The summed E-state index contributed by atoms with van der Waals surface area (Å²) in [5.41, 5.74) is 0.836. The molecule has 8 heteroatoms. The molecule has 2 N–H and O–H groups in total. The van der Waals surface area contributed by atoms with E-state index in [-0.39, 0.29) is 17.0 Å². The lowest BCUT2D eigenvalue weighted by molar-refractivity contribution is -0.112. The number of halogens is 2. The van der Waals surface area contributed by atoms with Gasteiger partial charge in [-0.3, -0.25) is 9.59 Å². The van der Waals surface area contributed by atoms with Gasteiger partial charge in [0.15, 0.2) is 0 Å². The van der Waals surface area contributed by atoms with Crippen molar-refractivity contribution in [1.29, 1.82) is 0 Å². The van der Waals surface area contributed by atoms with Gasteiger partial charge in [0.05, 0.1) is 30.5 Å². The minimum Gasteiger partial charge on any atom is -0.495 e. The van der Waals surface area contributed by atoms with Gasteiger partial charge in [0.1, 0.15) is 17.3 Å². The van der Waals surface area contributed by atoms with E-state index in [1.54, 1.807) is 0 Å². The molecule has 26 heavy (non-hydrogen) atoms. The molecule has 0 atom stereocenters. The third-order valence-corrected chi connectivity index (χ3v) is 4.11. The molecule has 134 valence electrons. The second-order valence-electron chi connectivity index (χ2n) is 5.36. The minimum absolute atomic E-state index is 0.0666. The summed E-state index contributed by atoms with van der Waals surface area (Å²) in [6.07, 6.45) is 1.37. The fourth-order valence-electron chi connectivity index (χ4n) is 2.54. The van der Waals surface area contributed by atoms with Crippen molar-refractivity contribution in [2.45, 2.75) is 0 Å². The third kappa shape index (κ3) is 3.21. The molecule has 0 unspecified atom stereocenters. The van der Waals surface area contributed by atoms with Crippen molar-refractivity contribution in [2.75, 3.05) is 19.5 Å². The van der Waals surface area contributed by atoms with E-state index in [4.69, 9.17) is 21.1 Å². The molecule has 0 fully saturated rings. The topological polar surface area (TPSA) is 80.4 Å². The van der Waals surface area contributed by atoms with Crippen LogP contribution < -0.4 is 14.8 Å². The van der Waals surface area contributed by atoms with Crippen LogP contribution in [0.5, 0.6) is 11.5 Å². The number of methoxy groups -OCH3 is 2. The van der Waals surface area contributed by atoms with Crippen molar-refractivity contribution in [1.82, 2.24) is 4.98 Å². The van der Waals surface area contributed by atoms with Crippen molar-refractivity contribution in [2.24, 2.45) is 0 Å². The Morgan fingerprint density at radius 1 is 1.12 bits per heavy atom. The molecular weight excluding hydrogens is 363 g/mol. The second kappa shape index (κ2) is 7.05. The van der Waals surface area contributed by atoms with Crippen LogP contribution in [-0.2, 0) is 4.79 Å². The van der Waals surface area contributed by atoms with Crippen LogP contribution in [-0.4, -0.2) is 30.9 Å². The Hall–Kier alpha value is -3.06. The summed E-state index contributed by atoms with van der Waals surface area (Å²) in [7, 11) is 2.82. The average Bonchev–Trinajstić information content (AvgIpc) is 3.04. The molecule has 3 aromatic rings. The standard InChI is InChI=1S/C18H14ClFN2O4/c1-25-15-7-14(16(26-2)6-12(15)19)22-18(24)17(23)11-8-21-13-4-3-9(20)5-10(11)13/h3-8,21H,1-2H3,(H,22,24). The maximum atomic E-state index is 13.5. The van der Waals surface area contributed by atoms with E-state index in [9.17, 15) is 14.0 Å². The van der Waals surface area contributed by atoms with Gasteiger partial charge in [-0.25, -0.2) is 4.39 Å². The predicted octanol–water partition coefficient (Wildman–Crippen LogP) is 3.80. The summed E-state index contributed by atoms with van der Waals surface area (Å²) in [6, 6.07) is 6.85. The van der Waals surface area contributed by atoms with Crippen LogP contribution in [0.15, 0.2) is 36.5 Å². The molecule has 0 aliphatic rings. The number of hydrogen-bond donors (Lipinski definition) is 2. The monoisotopic (exact) mass is 376 g/mol. The number of H-pyrrole nitrogens is 1. The van der Waals surface area contributed by atoms with Crippen molar-refractivity contribution in [3.63, 3.8) is 0 Å². The Kier molecular flexibility index (Phi) is 4.81. The molecule has 0 saturated heterocycles. The highest BCUT2D eigenvalue weighted by Crippen LogP contribution is 2.36. The Bertz CT molecular complexity index is 1020. The van der Waals surface area contributed by atoms with Crippen LogP contribution in [0.4, 0.5) is 10.1 Å². The van der Waals surface area contributed by atoms with Gasteiger partial charge in [-0.2, -0.15) is 0 Å². The Labute approximate surface area is 152 Å². The number of aromatic nitrogens is 1. The van der Waals surface area contributed by atoms with Crippen LogP contribution in [0.25, 0.3) is 10.9 Å². The number of carbonyl (C=O) groups excluding carboxylic acids is 2. The van der Waals surface area contributed by atoms with Gasteiger partial charge in [-0.15, -0.1) is 0 Å². The highest BCUT2D eigenvalue weighted by atomic mass is 35.5. The van der Waals surface area contributed by atoms with Gasteiger partial charge >= 0.3 is 0 Å². The summed E-state index contributed by atoms with van der Waals surface area (Å²) < 4.78 is 23.7. The van der Waals surface area contributed by atoms with Crippen molar-refractivity contribution in [3.05, 3.63) is 52.9 Å². The van der Waals surface area contributed by atoms with E-state index >= 15 is 0 Å². The summed E-state index contributed by atoms with van der Waals surface area (Å²) in [6.45, 7) is 0. The zero-order chi connectivity index (χ0) is 18.8. The fourth-order valence-corrected chi connectivity index (χ4v) is 2.77. The number of hydrogen-bond acceptors (Lipinski definition) is 4. The van der Waals surface area contributed by atoms with E-state index in [0.717, 1.165) is 0 Å². The number of Topliss-reactive ketones (excluding diaryl/α,β-unsaturated/α-hetero) is 1. The number of carbonyl (C=O) groups is 2. The summed E-state index contributed by atoms with van der Waals surface area (Å²) >= 11 is 6.02. The summed E-state index contributed by atoms with van der Waals surface area (Å²) in [5, 5.41) is 3.09. The Morgan fingerprint density at radius 3 is 2.54 bits per heavy atom. The van der Waals surface area contributed by atoms with Gasteiger partial charge in [-0.1, -0.05) is 11.6 Å². The van der Waals surface area contributed by atoms with Crippen molar-refractivity contribution in [3.8, 4) is 11.5 Å². The van der Waals surface area contributed by atoms with Gasteiger partial charge in [-0.05, 0) is 18.2 Å². The maximum Gasteiger partial charge on any atom is 0.296 e. The average molecular weight is 377 g/mol. The molecule has 3 rings (SSSR count). The molecule has 1 heterocycles. The molecule has 1 aromatic heterocycles. The first-order valence-electron chi connectivity index (χ1n) is 7.48. The molecule has 0 saturated carbocycles. The van der Waals surface area contributed by atoms with E-state index < -0.39 is 17.5 Å². The number of ether oxygens (including phenoxy) is 2. The SMILES string of the molecule is COc1cc(NC(=O)C(=O)c2c[nH]c3ccc(F)cc23)c(OC)cc1Cl. The zero-order valence-corrected chi connectivity index (χ0v) is 14.6. The van der Waals surface area contributed by atoms with Crippen LogP contribution >= 0.6 is 11.6 Å². The second-order valence-corrected chi connectivity index (χ2v) is 5.77. The molecule has 2 aromatic carbocycles. The molecule has 0 aliphatic carbocycles. The van der Waals surface area contributed by atoms with E-state index in [1.165, 1.54) is 50.7 Å². The number of amides is 1. The van der Waals surface area contributed by atoms with E-state index in [1.807, 2.05) is 0 Å². The number of nitrogens with one attached hydrogen (secondary N) is 2. The molecule has 0 bridgehead atoms. The molecule has 1 amide bonds. The molecular formula is C18H14ClFN2O4. The highest BCUT2D eigenvalue weighted by molar-refractivity contribution is 6.48. The lowest BCUT2D eigenvalue weighted by Crippen LogP contribution is -2.23. The Balaban J connectivity index is 1.92. The Morgan fingerprint density at radius 2 is 1.85 bits per heavy atom. The van der Waals surface area contributed by atoms with Gasteiger partial charge in [0, 0.05) is 29.2 Å². The van der Waals surface area contributed by atoms with Crippen molar-refractivity contribution < 1.29 is 23.5 Å². The van der Waals surface area contributed by atoms with Crippen LogP contribution in [0, 0.1) is 5.82 Å². The van der Waals surface area contributed by atoms with E-state index in [2.05, 4.69) is 10.3 Å². The fraction of sp³-hybridized carbons (Fsp3) is 0.111. The number of fused-ring (bicyclic) bond motifs is 1. The van der Waals surface area contributed by atoms with Crippen molar-refractivity contribution >= 4 is 39.9 Å². The number of rotatable bonds is 5. The zero-order valence-electron chi connectivity index (χ0n) is 13.9. The van der Waals surface area contributed by atoms with Gasteiger partial charge in [0.25, 0.3) is 11.7 Å². The number of ketones is 1. The van der Waals surface area contributed by atoms with Gasteiger partial charge < -0.3 is 19.8 Å². The molecule has 0 spiro atoms. The first kappa shape index (κ1) is 17.8. The molecule has 0 aliphatic heterocycles. The first-order valence-corrected chi connectivity index (χ1v) is 7.86. The number of anilines is 1. The summed E-state index contributed by atoms with van der Waals surface area (Å²) in [5.74, 6) is -1.65. The lowest BCUT2D eigenvalue weighted by Gasteiger charge is -2.12. The van der Waals surface area contributed by atoms with Crippen LogP contribution in [0.1, 0.15) is 10.4 Å². The molecule has 6 nitrogen and oxygen atoms in total. The molecule has 0 radical (unpaired) electrons. The van der Waals surface area contributed by atoms with Crippen LogP contribution in [0.2, 0.25) is 5.02 Å².